The zero-order chi connectivity index (χ0) is 16.0. The Bertz CT molecular complexity index is 323. The number of carbonyl (C=O) groups is 1. The van der Waals surface area contributed by atoms with Gasteiger partial charge in [-0.15, -0.1) is 0 Å². The molecule has 1 unspecified atom stereocenters. The summed E-state index contributed by atoms with van der Waals surface area (Å²) in [5.41, 5.74) is 5.57. The summed E-state index contributed by atoms with van der Waals surface area (Å²) in [6, 6.07) is 0. The third kappa shape index (κ3) is 5.85. The third-order valence-electron chi connectivity index (χ3n) is 4.52. The molecular weight excluding hydrogens is 281 g/mol. The molecule has 1 rings (SSSR count). The number of amides is 1. The van der Waals surface area contributed by atoms with E-state index in [1.54, 1.807) is 4.90 Å². The highest BCUT2D eigenvalue weighted by Gasteiger charge is 2.41. The molecule has 1 aliphatic heterocycles. The molecule has 1 atom stereocenters. The minimum atomic E-state index is -4.13. The predicted molar refractivity (Wildman–Crippen MR) is 76.6 cm³/mol. The number of nitrogens with two attached hydrogens (primary N) is 1. The first kappa shape index (κ1) is 18.3. The molecule has 0 saturated carbocycles. The van der Waals surface area contributed by atoms with Crippen LogP contribution in [0.25, 0.3) is 0 Å². The molecule has 0 spiro atoms. The summed E-state index contributed by atoms with van der Waals surface area (Å²) in [6.45, 7) is 5.28. The second-order valence-corrected chi connectivity index (χ2v) is 6.32. The van der Waals surface area contributed by atoms with Gasteiger partial charge in [-0.1, -0.05) is 13.8 Å². The molecule has 0 bridgehead atoms. The lowest BCUT2D eigenvalue weighted by Crippen LogP contribution is -2.42. The van der Waals surface area contributed by atoms with Crippen molar-refractivity contribution in [3.05, 3.63) is 0 Å². The van der Waals surface area contributed by atoms with Crippen molar-refractivity contribution in [1.82, 2.24) is 4.90 Å². The molecule has 3 nitrogen and oxygen atoms in total. The van der Waals surface area contributed by atoms with Crippen molar-refractivity contribution in [1.29, 1.82) is 0 Å². The van der Waals surface area contributed by atoms with Crippen molar-refractivity contribution in [2.45, 2.75) is 52.1 Å². The van der Waals surface area contributed by atoms with E-state index in [0.29, 0.717) is 24.8 Å². The Balaban J connectivity index is 2.37. The van der Waals surface area contributed by atoms with Gasteiger partial charge in [0.2, 0.25) is 5.91 Å². The highest BCUT2D eigenvalue weighted by molar-refractivity contribution is 5.76. The van der Waals surface area contributed by atoms with Crippen LogP contribution in [0.1, 0.15) is 46.0 Å². The lowest BCUT2D eigenvalue weighted by atomic mass is 9.88. The van der Waals surface area contributed by atoms with Crippen molar-refractivity contribution < 1.29 is 18.0 Å². The van der Waals surface area contributed by atoms with Crippen LogP contribution in [-0.4, -0.2) is 36.6 Å². The number of alkyl halides is 3. The summed E-state index contributed by atoms with van der Waals surface area (Å²) in [4.78, 5) is 13.7. The van der Waals surface area contributed by atoms with Gasteiger partial charge in [0.05, 0.1) is 5.92 Å². The first-order valence-corrected chi connectivity index (χ1v) is 7.80. The molecule has 1 aliphatic rings. The van der Waals surface area contributed by atoms with Gasteiger partial charge in [0.25, 0.3) is 0 Å². The van der Waals surface area contributed by atoms with E-state index in [0.717, 1.165) is 12.8 Å². The molecule has 0 radical (unpaired) electrons. The van der Waals surface area contributed by atoms with E-state index in [1.807, 2.05) is 0 Å². The molecule has 0 aromatic heterocycles. The number of halogens is 3. The van der Waals surface area contributed by atoms with Crippen LogP contribution < -0.4 is 5.73 Å². The Labute approximate surface area is 125 Å². The molecule has 21 heavy (non-hydrogen) atoms. The summed E-state index contributed by atoms with van der Waals surface area (Å²) in [6.07, 6.45) is -1.98. The van der Waals surface area contributed by atoms with Gasteiger partial charge in [-0.25, -0.2) is 0 Å². The molecular formula is C15H27F3N2O. The maximum absolute atomic E-state index is 12.6. The van der Waals surface area contributed by atoms with Gasteiger partial charge in [-0.05, 0) is 44.1 Å². The van der Waals surface area contributed by atoms with Crippen LogP contribution in [0.3, 0.4) is 0 Å². The monoisotopic (exact) mass is 308 g/mol. The number of likely N-dealkylation sites (tertiary alicyclic amines) is 1. The van der Waals surface area contributed by atoms with Gasteiger partial charge in [0.15, 0.2) is 0 Å². The maximum atomic E-state index is 12.6. The van der Waals surface area contributed by atoms with Crippen LogP contribution in [0.4, 0.5) is 13.2 Å². The fraction of sp³-hybridized carbons (Fsp3) is 0.933. The zero-order valence-electron chi connectivity index (χ0n) is 13.0. The molecule has 0 aromatic rings. The minimum absolute atomic E-state index is 0.0155. The number of hydrogen-bond donors (Lipinski definition) is 1. The Hall–Kier alpha value is -0.780. The molecule has 1 heterocycles. The predicted octanol–water partition coefficient (Wildman–Crippen LogP) is 3.19. The smallest absolute Gasteiger partial charge is 0.343 e. The summed E-state index contributed by atoms with van der Waals surface area (Å²) in [5.74, 6) is -0.385. The van der Waals surface area contributed by atoms with E-state index >= 15 is 0 Å². The van der Waals surface area contributed by atoms with Crippen LogP contribution in [0.15, 0.2) is 0 Å². The van der Waals surface area contributed by atoms with E-state index in [4.69, 9.17) is 5.73 Å². The number of nitrogens with zero attached hydrogens (tertiary/aromatic N) is 1. The molecule has 1 amide bonds. The Morgan fingerprint density at radius 2 is 1.81 bits per heavy atom. The van der Waals surface area contributed by atoms with E-state index in [2.05, 4.69) is 13.8 Å². The average molecular weight is 308 g/mol. The highest BCUT2D eigenvalue weighted by atomic mass is 19.4. The number of rotatable bonds is 6. The van der Waals surface area contributed by atoms with E-state index in [9.17, 15) is 18.0 Å². The average Bonchev–Trinajstić information content (AvgIpc) is 2.42. The maximum Gasteiger partial charge on any atom is 0.391 e. The van der Waals surface area contributed by atoms with Crippen molar-refractivity contribution >= 4 is 5.91 Å². The Morgan fingerprint density at radius 1 is 1.24 bits per heavy atom. The number of carbonyl (C=O) groups excluding carboxylic acids is 1. The van der Waals surface area contributed by atoms with Gasteiger partial charge in [0, 0.05) is 19.5 Å². The normalized spacial score (nSPS) is 19.1. The first-order valence-electron chi connectivity index (χ1n) is 7.80. The van der Waals surface area contributed by atoms with Crippen LogP contribution >= 0.6 is 0 Å². The first-order chi connectivity index (χ1) is 9.75. The molecule has 0 aromatic carbocycles. The molecule has 0 aliphatic carbocycles. The van der Waals surface area contributed by atoms with Gasteiger partial charge in [0.1, 0.15) is 0 Å². The summed E-state index contributed by atoms with van der Waals surface area (Å²) >= 11 is 0. The minimum Gasteiger partial charge on any atom is -0.343 e. The highest BCUT2D eigenvalue weighted by Crippen LogP contribution is 2.34. The van der Waals surface area contributed by atoms with Crippen molar-refractivity contribution in [3.8, 4) is 0 Å². The van der Waals surface area contributed by atoms with Crippen molar-refractivity contribution in [2.24, 2.45) is 23.5 Å². The molecule has 2 N–H and O–H groups in total. The molecule has 1 fully saturated rings. The number of piperidine rings is 1. The van der Waals surface area contributed by atoms with Gasteiger partial charge in [-0.3, -0.25) is 4.79 Å². The fourth-order valence-corrected chi connectivity index (χ4v) is 2.95. The fourth-order valence-electron chi connectivity index (χ4n) is 2.95. The SMILES string of the molecule is CC(C)C(CCN)CCC(=O)N1CCC(C(F)(F)F)CC1. The molecule has 6 heteroatoms. The lowest BCUT2D eigenvalue weighted by Gasteiger charge is -2.33. The van der Waals surface area contributed by atoms with Gasteiger partial charge in [-0.2, -0.15) is 13.2 Å². The van der Waals surface area contributed by atoms with Crippen LogP contribution in [0, 0.1) is 17.8 Å². The van der Waals surface area contributed by atoms with Crippen LogP contribution in [0.5, 0.6) is 0 Å². The second kappa shape index (κ2) is 8.01. The zero-order valence-corrected chi connectivity index (χ0v) is 13.0. The van der Waals surface area contributed by atoms with E-state index in [-0.39, 0.29) is 31.8 Å². The van der Waals surface area contributed by atoms with Crippen molar-refractivity contribution in [3.63, 3.8) is 0 Å². The van der Waals surface area contributed by atoms with Crippen LogP contribution in [0.2, 0.25) is 0 Å². The third-order valence-corrected chi connectivity index (χ3v) is 4.52. The largest absolute Gasteiger partial charge is 0.391 e. The van der Waals surface area contributed by atoms with E-state index < -0.39 is 12.1 Å². The quantitative estimate of drug-likeness (QED) is 0.819. The van der Waals surface area contributed by atoms with Crippen molar-refractivity contribution in [2.75, 3.05) is 19.6 Å². The molecule has 1 saturated heterocycles. The Morgan fingerprint density at radius 3 is 2.24 bits per heavy atom. The summed E-state index contributed by atoms with van der Waals surface area (Å²) < 4.78 is 37.7. The number of hydrogen-bond acceptors (Lipinski definition) is 2. The van der Waals surface area contributed by atoms with E-state index in [1.165, 1.54) is 0 Å². The topological polar surface area (TPSA) is 46.3 Å². The summed E-state index contributed by atoms with van der Waals surface area (Å²) in [7, 11) is 0. The standard InChI is InChI=1S/C15H27F3N2O/c1-11(2)12(5-8-19)3-4-14(21)20-9-6-13(7-10-20)15(16,17)18/h11-13H,3-10,19H2,1-2H3. The van der Waals surface area contributed by atoms with Gasteiger partial charge >= 0.3 is 6.18 Å². The lowest BCUT2D eigenvalue weighted by molar-refractivity contribution is -0.186. The Kier molecular flexibility index (Phi) is 6.97. The summed E-state index contributed by atoms with van der Waals surface area (Å²) in [5, 5.41) is 0. The molecule has 124 valence electrons. The van der Waals surface area contributed by atoms with Gasteiger partial charge < -0.3 is 10.6 Å². The second-order valence-electron chi connectivity index (χ2n) is 6.32. The van der Waals surface area contributed by atoms with Crippen LogP contribution in [-0.2, 0) is 4.79 Å².